The van der Waals surface area contributed by atoms with E-state index in [1.807, 2.05) is 12.1 Å². The molecule has 0 aliphatic heterocycles. The number of alkyl halides is 6. The van der Waals surface area contributed by atoms with Crippen molar-refractivity contribution in [1.29, 1.82) is 0 Å². The minimum Gasteiger partial charge on any atom is -0.477 e. The van der Waals surface area contributed by atoms with Crippen LogP contribution < -0.4 is 31.2 Å². The van der Waals surface area contributed by atoms with Gasteiger partial charge in [0.05, 0.1) is 21.2 Å². The molecule has 376 valence electrons. The van der Waals surface area contributed by atoms with E-state index in [4.69, 9.17) is 43.5 Å². The van der Waals surface area contributed by atoms with E-state index >= 15 is 0 Å². The van der Waals surface area contributed by atoms with Crippen LogP contribution in [-0.2, 0) is 12.4 Å². The van der Waals surface area contributed by atoms with Crippen molar-refractivity contribution in [3.63, 3.8) is 0 Å². The highest BCUT2D eigenvalue weighted by Crippen LogP contribution is 2.37. The first kappa shape index (κ1) is 53.5. The summed E-state index contributed by atoms with van der Waals surface area (Å²) in [6.07, 6.45) is -2.87. The number of carbonyl (C=O) groups is 4. The summed E-state index contributed by atoms with van der Waals surface area (Å²) in [5, 5.41) is 15.6. The predicted octanol–water partition coefficient (Wildman–Crippen LogP) is 12.0. The van der Waals surface area contributed by atoms with Crippen LogP contribution in [0.4, 0.5) is 37.7 Å². The summed E-state index contributed by atoms with van der Waals surface area (Å²) in [7, 11) is 3.04. The molecule has 4 heterocycles. The first-order valence-electron chi connectivity index (χ1n) is 20.9. The quantitative estimate of drug-likeness (QED) is 0.0479. The topological polar surface area (TPSA) is 226 Å². The maximum atomic E-state index is 13.1. The van der Waals surface area contributed by atoms with Gasteiger partial charge in [0.1, 0.15) is 45.8 Å². The highest BCUT2D eigenvalue weighted by molar-refractivity contribution is 6.32. The fourth-order valence-corrected chi connectivity index (χ4v) is 6.76. The van der Waals surface area contributed by atoms with Crippen molar-refractivity contribution in [2.75, 3.05) is 25.1 Å². The molecule has 23 heteroatoms. The number of aromatic carboxylic acids is 1. The Morgan fingerprint density at radius 1 is 0.548 bits per heavy atom. The second-order valence-electron chi connectivity index (χ2n) is 15.0. The Balaban J connectivity index is 0.000000202. The molecule has 0 radical (unpaired) electrons. The summed E-state index contributed by atoms with van der Waals surface area (Å²) in [5.41, 5.74) is 7.11. The molecule has 0 saturated heterocycles. The zero-order chi connectivity index (χ0) is 53.0. The lowest BCUT2D eigenvalue weighted by atomic mass is 10.1. The van der Waals surface area contributed by atoms with Gasteiger partial charge in [0, 0.05) is 62.4 Å². The monoisotopic (exact) mass is 1050 g/mol. The molecule has 8 rings (SSSR count). The van der Waals surface area contributed by atoms with Gasteiger partial charge in [0.15, 0.2) is 0 Å². The van der Waals surface area contributed by atoms with Gasteiger partial charge in [-0.25, -0.2) is 4.79 Å². The molecule has 0 atom stereocenters. The van der Waals surface area contributed by atoms with Gasteiger partial charge < -0.3 is 46.2 Å². The van der Waals surface area contributed by atoms with Crippen molar-refractivity contribution in [1.82, 2.24) is 30.6 Å². The number of aromatic amines is 2. The number of hydrogen-bond donors (Lipinski definition) is 7. The molecule has 73 heavy (non-hydrogen) atoms. The van der Waals surface area contributed by atoms with E-state index in [1.165, 1.54) is 44.7 Å². The van der Waals surface area contributed by atoms with Crippen molar-refractivity contribution in [2.45, 2.75) is 12.4 Å². The fraction of sp³-hybridized carbons (Fsp3) is 0.0800. The summed E-state index contributed by atoms with van der Waals surface area (Å²) in [6.45, 7) is 0. The molecule has 15 nitrogen and oxygen atoms in total. The minimum absolute atomic E-state index is 0.0370. The Morgan fingerprint density at radius 2 is 0.986 bits per heavy atom. The van der Waals surface area contributed by atoms with E-state index in [9.17, 15) is 45.5 Å². The third kappa shape index (κ3) is 14.6. The van der Waals surface area contributed by atoms with Crippen LogP contribution in [-0.4, -0.2) is 62.8 Å². The van der Waals surface area contributed by atoms with E-state index < -0.39 is 40.4 Å². The summed E-state index contributed by atoms with van der Waals surface area (Å²) >= 11 is 10.9. The summed E-state index contributed by atoms with van der Waals surface area (Å²) in [4.78, 5) is 60.3. The van der Waals surface area contributed by atoms with Gasteiger partial charge in [0.2, 0.25) is 0 Å². The van der Waals surface area contributed by atoms with Crippen molar-refractivity contribution in [2.24, 2.45) is 0 Å². The van der Waals surface area contributed by atoms with Crippen LogP contribution >= 0.6 is 23.2 Å². The van der Waals surface area contributed by atoms with Crippen LogP contribution in [0.25, 0.3) is 22.3 Å². The number of nitrogens with two attached hydrogens (primary N) is 1. The van der Waals surface area contributed by atoms with Gasteiger partial charge in [-0.3, -0.25) is 24.4 Å². The van der Waals surface area contributed by atoms with E-state index in [0.29, 0.717) is 28.6 Å². The lowest BCUT2D eigenvalue weighted by Gasteiger charge is -2.11. The van der Waals surface area contributed by atoms with Gasteiger partial charge in [-0.2, -0.15) is 26.3 Å². The van der Waals surface area contributed by atoms with Crippen LogP contribution in [0.5, 0.6) is 23.0 Å². The first-order chi connectivity index (χ1) is 34.6. The molecule has 0 aliphatic carbocycles. The SMILES string of the molecule is CNC(=O)c1cc(Oc2ccc(-c3c[nH]c(C(=O)Nc4ccc(Cl)c(C(F)(F)F)c4)c3)cc2)ccn1.CNC(=O)c1cc(Oc2ccc(-c3c[nH]c(C(=O)O)c3)cc2)ccn1.Nc1ccc(Cl)c(C(F)(F)F)c1. The minimum atomic E-state index is -4.64. The number of amides is 3. The lowest BCUT2D eigenvalue weighted by Crippen LogP contribution is -2.18. The molecule has 0 saturated carbocycles. The standard InChI is InChI=1S/C25H18ClF3N4O3.C18H15N3O4.C7H5ClF3N/c1-30-23(34)22-12-18(8-9-31-22)36-17-5-2-14(3-6-17)15-10-21(32-13-15)24(35)33-16-4-7-20(26)19(11-16)25(27,28)29;1-19-17(22)15-9-14(6-7-20-15)25-13-4-2-11(3-5-13)12-8-16(18(23)24)21-10-12;8-6-2-1-4(12)3-5(6)7(9,10)11/h2-13,32H,1H3,(H,30,34)(H,33,35);2-10,21H,1H3,(H,19,22)(H,23,24);1-3H,12H2. The van der Waals surface area contributed by atoms with Gasteiger partial charge in [0.25, 0.3) is 17.7 Å². The molecule has 8 N–H and O–H groups in total. The lowest BCUT2D eigenvalue weighted by molar-refractivity contribution is -0.138. The number of rotatable bonds is 11. The van der Waals surface area contributed by atoms with E-state index in [1.54, 1.807) is 79.1 Å². The van der Waals surface area contributed by atoms with Crippen LogP contribution in [0.15, 0.2) is 146 Å². The maximum absolute atomic E-state index is 13.1. The van der Waals surface area contributed by atoms with Gasteiger partial charge in [-0.15, -0.1) is 0 Å². The largest absolute Gasteiger partial charge is 0.477 e. The predicted molar refractivity (Wildman–Crippen MR) is 260 cm³/mol. The average molecular weight is 1050 g/mol. The molecule has 0 unspecified atom stereocenters. The maximum Gasteiger partial charge on any atom is 0.417 e. The molecule has 3 amide bonds. The molecule has 0 aliphatic rings. The van der Waals surface area contributed by atoms with Gasteiger partial charge in [-0.1, -0.05) is 47.5 Å². The average Bonchev–Trinajstić information content (AvgIpc) is 4.08. The first-order valence-corrected chi connectivity index (χ1v) is 21.7. The third-order valence-corrected chi connectivity index (χ3v) is 10.6. The third-order valence-electron chi connectivity index (χ3n) is 9.90. The number of carbonyl (C=O) groups excluding carboxylic acids is 3. The zero-order valence-corrected chi connectivity index (χ0v) is 39.3. The van der Waals surface area contributed by atoms with Crippen LogP contribution in [0, 0.1) is 0 Å². The Bertz CT molecular complexity index is 3260. The normalized spacial score (nSPS) is 10.9. The van der Waals surface area contributed by atoms with E-state index in [0.717, 1.165) is 41.0 Å². The van der Waals surface area contributed by atoms with E-state index in [-0.39, 0.29) is 51.0 Å². The highest BCUT2D eigenvalue weighted by Gasteiger charge is 2.34. The summed E-state index contributed by atoms with van der Waals surface area (Å²) in [6, 6.07) is 30.1. The van der Waals surface area contributed by atoms with Crippen molar-refractivity contribution >= 4 is 58.3 Å². The Hall–Kier alpha value is -8.82. The number of aromatic nitrogens is 4. The van der Waals surface area contributed by atoms with Gasteiger partial charge in [-0.05, 0) is 107 Å². The molecule has 4 aromatic carbocycles. The van der Waals surface area contributed by atoms with Crippen molar-refractivity contribution < 1.29 is 60.1 Å². The molecule has 4 aromatic heterocycles. The Labute approximate surface area is 420 Å². The second kappa shape index (κ2) is 23.4. The summed E-state index contributed by atoms with van der Waals surface area (Å²) < 4.78 is 87.0. The number of carboxylic acid groups (broad SMARTS) is 1. The van der Waals surface area contributed by atoms with Crippen LogP contribution in [0.3, 0.4) is 0 Å². The molecule has 0 bridgehead atoms. The number of anilines is 2. The number of nitrogens with zero attached hydrogens (tertiary/aromatic N) is 2. The number of pyridine rings is 2. The fourth-order valence-electron chi connectivity index (χ4n) is 6.31. The molecular weight excluding hydrogens is 1010 g/mol. The number of halogens is 8. The Kier molecular flexibility index (Phi) is 17.2. The zero-order valence-electron chi connectivity index (χ0n) is 37.7. The van der Waals surface area contributed by atoms with Crippen LogP contribution in [0.1, 0.15) is 53.1 Å². The second-order valence-corrected chi connectivity index (χ2v) is 15.8. The van der Waals surface area contributed by atoms with Crippen LogP contribution in [0.2, 0.25) is 10.0 Å². The number of carboxylic acids is 1. The van der Waals surface area contributed by atoms with Gasteiger partial charge >= 0.3 is 18.3 Å². The summed E-state index contributed by atoms with van der Waals surface area (Å²) in [5.74, 6) is -0.195. The Morgan fingerprint density at radius 3 is 1.41 bits per heavy atom. The smallest absolute Gasteiger partial charge is 0.417 e. The van der Waals surface area contributed by atoms with Crippen molar-refractivity contribution in [3.8, 4) is 45.3 Å². The highest BCUT2D eigenvalue weighted by atomic mass is 35.5. The molecule has 8 aromatic rings. The molecular formula is C50H38Cl2F6N8O7. The number of nitrogens with one attached hydrogen (secondary N) is 5. The van der Waals surface area contributed by atoms with E-state index in [2.05, 4.69) is 35.9 Å². The number of benzene rings is 4. The number of nitrogen functional groups attached to an aromatic ring is 1. The van der Waals surface area contributed by atoms with Crippen molar-refractivity contribution in [3.05, 3.63) is 190 Å². The molecule has 0 fully saturated rings. The number of H-pyrrole nitrogens is 2. The molecule has 0 spiro atoms. The number of hydrogen-bond acceptors (Lipinski definition) is 9. The number of ether oxygens (including phenoxy) is 2.